The molecule has 1 aromatic heterocycles. The van der Waals surface area contributed by atoms with Crippen molar-refractivity contribution in [1.29, 1.82) is 0 Å². The number of nitrogens with one attached hydrogen (secondary N) is 1. The number of nitrogens with zero attached hydrogens (tertiary/aromatic N) is 1. The number of aryl methyl sites for hydroxylation is 1. The molecule has 0 bridgehead atoms. The largest absolute Gasteiger partial charge is 0.311 e. The summed E-state index contributed by atoms with van der Waals surface area (Å²) in [6, 6.07) is 5.68. The first-order valence-electron chi connectivity index (χ1n) is 6.97. The summed E-state index contributed by atoms with van der Waals surface area (Å²) in [4.78, 5) is 16.1. The Bertz CT molecular complexity index is 397. The molecule has 1 saturated carbocycles. The molecule has 18 heavy (non-hydrogen) atoms. The minimum Gasteiger partial charge on any atom is -0.311 e. The van der Waals surface area contributed by atoms with Crippen molar-refractivity contribution in [2.75, 3.05) is 5.32 Å². The van der Waals surface area contributed by atoms with Gasteiger partial charge in [-0.1, -0.05) is 38.2 Å². The van der Waals surface area contributed by atoms with Crippen LogP contribution in [-0.4, -0.2) is 10.9 Å². The summed E-state index contributed by atoms with van der Waals surface area (Å²) < 4.78 is 0. The second kappa shape index (κ2) is 6.53. The first-order chi connectivity index (χ1) is 8.74. The molecule has 3 nitrogen and oxygen atoms in total. The molecule has 1 amide bonds. The van der Waals surface area contributed by atoms with Crippen LogP contribution < -0.4 is 5.32 Å². The molecule has 1 heterocycles. The van der Waals surface area contributed by atoms with Crippen molar-refractivity contribution in [3.05, 3.63) is 23.9 Å². The lowest BCUT2D eigenvalue weighted by Crippen LogP contribution is -2.15. The SMILES string of the molecule is Cc1cccc(NC(=O)CCC2CCCCC2)n1. The van der Waals surface area contributed by atoms with Gasteiger partial charge in [0.2, 0.25) is 5.91 Å². The van der Waals surface area contributed by atoms with Crippen LogP contribution in [0.5, 0.6) is 0 Å². The van der Waals surface area contributed by atoms with Crippen LogP contribution >= 0.6 is 0 Å². The summed E-state index contributed by atoms with van der Waals surface area (Å²) in [5.41, 5.74) is 0.931. The van der Waals surface area contributed by atoms with Crippen molar-refractivity contribution >= 4 is 11.7 Å². The maximum atomic E-state index is 11.8. The standard InChI is InChI=1S/C15H22N2O/c1-12-6-5-9-14(16-12)17-15(18)11-10-13-7-3-2-4-8-13/h5-6,9,13H,2-4,7-8,10-11H2,1H3,(H,16,17,18). The second-order valence-electron chi connectivity index (χ2n) is 5.26. The molecule has 1 N–H and O–H groups in total. The van der Waals surface area contributed by atoms with E-state index in [2.05, 4.69) is 10.3 Å². The van der Waals surface area contributed by atoms with Crippen molar-refractivity contribution in [1.82, 2.24) is 4.98 Å². The first kappa shape index (κ1) is 13.1. The molecule has 3 heteroatoms. The van der Waals surface area contributed by atoms with Crippen molar-refractivity contribution in [2.45, 2.75) is 51.9 Å². The minimum atomic E-state index is 0.0960. The highest BCUT2D eigenvalue weighted by atomic mass is 16.1. The molecule has 0 spiro atoms. The zero-order valence-corrected chi connectivity index (χ0v) is 11.1. The number of carbonyl (C=O) groups excluding carboxylic acids is 1. The Hall–Kier alpha value is -1.38. The van der Waals surface area contributed by atoms with Gasteiger partial charge in [0.05, 0.1) is 0 Å². The minimum absolute atomic E-state index is 0.0960. The van der Waals surface area contributed by atoms with Crippen LogP contribution in [0.4, 0.5) is 5.82 Å². The number of aromatic nitrogens is 1. The van der Waals surface area contributed by atoms with Gasteiger partial charge in [0.15, 0.2) is 0 Å². The van der Waals surface area contributed by atoms with Crippen LogP contribution in [0.3, 0.4) is 0 Å². The molecule has 2 rings (SSSR count). The van der Waals surface area contributed by atoms with E-state index in [1.165, 1.54) is 32.1 Å². The lowest BCUT2D eigenvalue weighted by atomic mass is 9.86. The van der Waals surface area contributed by atoms with Crippen molar-refractivity contribution in [2.24, 2.45) is 5.92 Å². The van der Waals surface area contributed by atoms with E-state index in [-0.39, 0.29) is 5.91 Å². The average molecular weight is 246 g/mol. The van der Waals surface area contributed by atoms with Crippen LogP contribution in [0.15, 0.2) is 18.2 Å². The lowest BCUT2D eigenvalue weighted by Gasteiger charge is -2.20. The zero-order valence-electron chi connectivity index (χ0n) is 11.1. The number of carbonyl (C=O) groups is 1. The molecule has 0 radical (unpaired) electrons. The van der Waals surface area contributed by atoms with Gasteiger partial charge < -0.3 is 5.32 Å². The van der Waals surface area contributed by atoms with Gasteiger partial charge >= 0.3 is 0 Å². The summed E-state index contributed by atoms with van der Waals surface area (Å²) in [7, 11) is 0. The van der Waals surface area contributed by atoms with Crippen LogP contribution in [0.2, 0.25) is 0 Å². The number of rotatable bonds is 4. The molecule has 1 aliphatic carbocycles. The fourth-order valence-corrected chi connectivity index (χ4v) is 2.63. The summed E-state index contributed by atoms with van der Waals surface area (Å²) in [5.74, 6) is 1.53. The Labute approximate surface area is 109 Å². The van der Waals surface area contributed by atoms with Gasteiger partial charge in [0.25, 0.3) is 0 Å². The van der Waals surface area contributed by atoms with Crippen molar-refractivity contribution < 1.29 is 4.79 Å². The van der Waals surface area contributed by atoms with E-state index >= 15 is 0 Å². The monoisotopic (exact) mass is 246 g/mol. The van der Waals surface area contributed by atoms with Crippen LogP contribution in [0.1, 0.15) is 50.6 Å². The number of pyridine rings is 1. The lowest BCUT2D eigenvalue weighted by molar-refractivity contribution is -0.116. The van der Waals surface area contributed by atoms with E-state index < -0.39 is 0 Å². The van der Waals surface area contributed by atoms with E-state index in [9.17, 15) is 4.79 Å². The highest BCUT2D eigenvalue weighted by Gasteiger charge is 2.14. The zero-order chi connectivity index (χ0) is 12.8. The molecule has 98 valence electrons. The van der Waals surface area contributed by atoms with Gasteiger partial charge in [-0.2, -0.15) is 0 Å². The molecule has 0 saturated heterocycles. The van der Waals surface area contributed by atoms with Gasteiger partial charge in [-0.25, -0.2) is 4.98 Å². The van der Waals surface area contributed by atoms with Gasteiger partial charge in [0, 0.05) is 12.1 Å². The third kappa shape index (κ3) is 4.13. The van der Waals surface area contributed by atoms with E-state index in [0.717, 1.165) is 18.0 Å². The Morgan fingerprint density at radius 1 is 1.33 bits per heavy atom. The van der Waals surface area contributed by atoms with E-state index in [1.54, 1.807) is 0 Å². The number of anilines is 1. The Balaban J connectivity index is 1.74. The molecule has 0 aromatic carbocycles. The Kier molecular flexibility index (Phi) is 4.73. The van der Waals surface area contributed by atoms with Crippen LogP contribution in [0, 0.1) is 12.8 Å². The van der Waals surface area contributed by atoms with E-state index in [0.29, 0.717) is 12.2 Å². The molecule has 0 atom stereocenters. The summed E-state index contributed by atoms with van der Waals surface area (Å²) in [6.45, 7) is 1.93. The van der Waals surface area contributed by atoms with E-state index in [1.807, 2.05) is 25.1 Å². The quantitative estimate of drug-likeness (QED) is 0.880. The summed E-state index contributed by atoms with van der Waals surface area (Å²) >= 11 is 0. The number of hydrogen-bond acceptors (Lipinski definition) is 2. The van der Waals surface area contributed by atoms with Crippen LogP contribution in [0.25, 0.3) is 0 Å². The molecule has 1 aromatic rings. The summed E-state index contributed by atoms with van der Waals surface area (Å²) in [5, 5.41) is 2.87. The number of hydrogen-bond donors (Lipinski definition) is 1. The van der Waals surface area contributed by atoms with Gasteiger partial charge in [-0.15, -0.1) is 0 Å². The molecular formula is C15H22N2O. The van der Waals surface area contributed by atoms with Crippen molar-refractivity contribution in [3.63, 3.8) is 0 Å². The highest BCUT2D eigenvalue weighted by Crippen LogP contribution is 2.27. The molecular weight excluding hydrogens is 224 g/mol. The first-order valence-corrected chi connectivity index (χ1v) is 6.97. The third-order valence-corrected chi connectivity index (χ3v) is 3.66. The van der Waals surface area contributed by atoms with Gasteiger partial charge in [-0.3, -0.25) is 4.79 Å². The smallest absolute Gasteiger partial charge is 0.225 e. The Morgan fingerprint density at radius 3 is 2.83 bits per heavy atom. The highest BCUT2D eigenvalue weighted by molar-refractivity contribution is 5.89. The second-order valence-corrected chi connectivity index (χ2v) is 5.26. The fourth-order valence-electron chi connectivity index (χ4n) is 2.63. The van der Waals surface area contributed by atoms with Crippen LogP contribution in [-0.2, 0) is 4.79 Å². The third-order valence-electron chi connectivity index (χ3n) is 3.66. The normalized spacial score (nSPS) is 16.5. The maximum Gasteiger partial charge on any atom is 0.225 e. The average Bonchev–Trinajstić information content (AvgIpc) is 2.38. The maximum absolute atomic E-state index is 11.8. The Morgan fingerprint density at radius 2 is 2.11 bits per heavy atom. The van der Waals surface area contributed by atoms with Gasteiger partial charge in [0.1, 0.15) is 5.82 Å². The number of amides is 1. The molecule has 0 unspecified atom stereocenters. The molecule has 1 fully saturated rings. The topological polar surface area (TPSA) is 42.0 Å². The molecule has 1 aliphatic rings. The van der Waals surface area contributed by atoms with Gasteiger partial charge in [-0.05, 0) is 31.4 Å². The van der Waals surface area contributed by atoms with E-state index in [4.69, 9.17) is 0 Å². The van der Waals surface area contributed by atoms with Crippen molar-refractivity contribution in [3.8, 4) is 0 Å². The molecule has 0 aliphatic heterocycles. The fraction of sp³-hybridized carbons (Fsp3) is 0.600. The summed E-state index contributed by atoms with van der Waals surface area (Å²) in [6.07, 6.45) is 8.30. The predicted molar refractivity (Wildman–Crippen MR) is 73.4 cm³/mol. The predicted octanol–water partition coefficient (Wildman–Crippen LogP) is 3.69.